The van der Waals surface area contributed by atoms with Crippen LogP contribution in [0.2, 0.25) is 0 Å². The zero-order valence-electron chi connectivity index (χ0n) is 18.1. The van der Waals surface area contributed by atoms with E-state index in [1.165, 1.54) is 12.1 Å². The quantitative estimate of drug-likeness (QED) is 0.411. The van der Waals surface area contributed by atoms with E-state index in [1.807, 2.05) is 30.5 Å². The third-order valence-corrected chi connectivity index (χ3v) is 5.96. The van der Waals surface area contributed by atoms with Crippen LogP contribution < -0.4 is 0 Å². The van der Waals surface area contributed by atoms with Gasteiger partial charge in [-0.2, -0.15) is 18.4 Å². The SMILES string of the molecule is N#Cc1cccc(-n2cccc2CN2CCc3nc(-c4ccc(C(F)(F)F)cc4)ncc3C2)c1. The number of alkyl halides is 3. The van der Waals surface area contributed by atoms with Gasteiger partial charge in [0.05, 0.1) is 22.9 Å². The molecule has 1 aliphatic heterocycles. The molecular formula is C26H20F3N5. The lowest BCUT2D eigenvalue weighted by Gasteiger charge is -2.28. The van der Waals surface area contributed by atoms with Crippen molar-refractivity contribution in [2.45, 2.75) is 25.7 Å². The molecule has 0 N–H and O–H groups in total. The highest BCUT2D eigenvalue weighted by Gasteiger charge is 2.30. The lowest BCUT2D eigenvalue weighted by molar-refractivity contribution is -0.137. The number of hydrogen-bond donors (Lipinski definition) is 0. The fourth-order valence-corrected chi connectivity index (χ4v) is 4.21. The van der Waals surface area contributed by atoms with E-state index >= 15 is 0 Å². The van der Waals surface area contributed by atoms with Gasteiger partial charge >= 0.3 is 6.18 Å². The second-order valence-electron chi connectivity index (χ2n) is 8.23. The van der Waals surface area contributed by atoms with Crippen LogP contribution in [-0.2, 0) is 25.7 Å². The molecular weight excluding hydrogens is 439 g/mol. The molecule has 3 heterocycles. The summed E-state index contributed by atoms with van der Waals surface area (Å²) in [5.74, 6) is 0.437. The molecule has 2 aromatic heterocycles. The van der Waals surface area contributed by atoms with Crippen molar-refractivity contribution in [2.24, 2.45) is 0 Å². The number of rotatable bonds is 4. The molecule has 0 saturated heterocycles. The molecule has 0 spiro atoms. The monoisotopic (exact) mass is 459 g/mol. The molecule has 2 aromatic carbocycles. The zero-order chi connectivity index (χ0) is 23.7. The van der Waals surface area contributed by atoms with Gasteiger partial charge in [0.2, 0.25) is 0 Å². The Balaban J connectivity index is 1.31. The van der Waals surface area contributed by atoms with Gasteiger partial charge in [-0.15, -0.1) is 0 Å². The number of hydrogen-bond acceptors (Lipinski definition) is 4. The third kappa shape index (κ3) is 4.43. The van der Waals surface area contributed by atoms with Crippen molar-refractivity contribution >= 4 is 0 Å². The van der Waals surface area contributed by atoms with E-state index in [0.717, 1.165) is 54.3 Å². The van der Waals surface area contributed by atoms with Crippen LogP contribution in [0.3, 0.4) is 0 Å². The van der Waals surface area contributed by atoms with Gasteiger partial charge in [0.1, 0.15) is 0 Å². The van der Waals surface area contributed by atoms with E-state index in [4.69, 9.17) is 0 Å². The standard InChI is InChI=1S/C26H20F3N5/c27-26(28,29)21-8-6-19(7-9-21)25-31-15-20-16-33(12-10-24(20)32-25)17-23-5-2-11-34(23)22-4-1-3-18(13-22)14-30/h1-9,11,13,15H,10,12,16-17H2. The molecule has 34 heavy (non-hydrogen) atoms. The van der Waals surface area contributed by atoms with Crippen molar-refractivity contribution in [3.8, 4) is 23.1 Å². The Kier molecular flexibility index (Phi) is 5.64. The van der Waals surface area contributed by atoms with Crippen molar-refractivity contribution in [3.05, 3.63) is 101 Å². The van der Waals surface area contributed by atoms with Crippen LogP contribution in [0, 0.1) is 11.3 Å². The number of nitriles is 1. The molecule has 0 atom stereocenters. The number of nitrogens with zero attached hydrogens (tertiary/aromatic N) is 5. The molecule has 170 valence electrons. The van der Waals surface area contributed by atoms with E-state index in [0.29, 0.717) is 23.5 Å². The number of fused-ring (bicyclic) bond motifs is 1. The molecule has 0 saturated carbocycles. The molecule has 4 aromatic rings. The average Bonchev–Trinajstić information content (AvgIpc) is 3.31. The molecule has 8 heteroatoms. The summed E-state index contributed by atoms with van der Waals surface area (Å²) in [6, 6.07) is 18.7. The first kappa shape index (κ1) is 21.9. The van der Waals surface area contributed by atoms with Gasteiger partial charge in [-0.25, -0.2) is 9.97 Å². The minimum absolute atomic E-state index is 0.437. The van der Waals surface area contributed by atoms with Crippen LogP contribution in [0.15, 0.2) is 73.1 Å². The summed E-state index contributed by atoms with van der Waals surface area (Å²) >= 11 is 0. The number of aromatic nitrogens is 3. The summed E-state index contributed by atoms with van der Waals surface area (Å²) in [4.78, 5) is 11.4. The van der Waals surface area contributed by atoms with E-state index < -0.39 is 11.7 Å². The van der Waals surface area contributed by atoms with Crippen LogP contribution in [0.25, 0.3) is 17.1 Å². The molecule has 5 rings (SSSR count). The van der Waals surface area contributed by atoms with Crippen LogP contribution in [0.5, 0.6) is 0 Å². The first-order valence-electron chi connectivity index (χ1n) is 10.8. The van der Waals surface area contributed by atoms with Crippen molar-refractivity contribution in [3.63, 3.8) is 0 Å². The number of benzene rings is 2. The van der Waals surface area contributed by atoms with Crippen LogP contribution in [-0.4, -0.2) is 26.0 Å². The summed E-state index contributed by atoms with van der Waals surface area (Å²) < 4.78 is 40.6. The van der Waals surface area contributed by atoms with Gasteiger partial charge < -0.3 is 4.57 Å². The highest BCUT2D eigenvalue weighted by atomic mass is 19.4. The van der Waals surface area contributed by atoms with E-state index in [1.54, 1.807) is 12.3 Å². The minimum atomic E-state index is -4.36. The lowest BCUT2D eigenvalue weighted by Crippen LogP contribution is -2.31. The highest BCUT2D eigenvalue weighted by Crippen LogP contribution is 2.31. The van der Waals surface area contributed by atoms with E-state index in [2.05, 4.69) is 31.6 Å². The molecule has 0 bridgehead atoms. The average molecular weight is 459 g/mol. The molecule has 1 aliphatic rings. The number of halogens is 3. The smallest absolute Gasteiger partial charge is 0.320 e. The fourth-order valence-electron chi connectivity index (χ4n) is 4.21. The van der Waals surface area contributed by atoms with Gasteiger partial charge in [-0.1, -0.05) is 18.2 Å². The van der Waals surface area contributed by atoms with Crippen LogP contribution in [0.4, 0.5) is 13.2 Å². The van der Waals surface area contributed by atoms with Crippen LogP contribution in [0.1, 0.15) is 28.1 Å². The Morgan fingerprint density at radius 2 is 1.85 bits per heavy atom. The first-order chi connectivity index (χ1) is 16.4. The maximum atomic E-state index is 12.8. The molecule has 0 amide bonds. The lowest BCUT2D eigenvalue weighted by atomic mass is 10.1. The Labute approximate surface area is 194 Å². The third-order valence-electron chi connectivity index (χ3n) is 5.96. The Morgan fingerprint density at radius 3 is 2.62 bits per heavy atom. The van der Waals surface area contributed by atoms with Crippen molar-refractivity contribution in [1.82, 2.24) is 19.4 Å². The largest absolute Gasteiger partial charge is 0.416 e. The van der Waals surface area contributed by atoms with Crippen molar-refractivity contribution in [1.29, 1.82) is 5.26 Å². The minimum Gasteiger partial charge on any atom is -0.320 e. The van der Waals surface area contributed by atoms with Gasteiger partial charge in [0.15, 0.2) is 5.82 Å². The van der Waals surface area contributed by atoms with Crippen molar-refractivity contribution < 1.29 is 13.2 Å². The van der Waals surface area contributed by atoms with Crippen LogP contribution >= 0.6 is 0 Å². The van der Waals surface area contributed by atoms with Crippen molar-refractivity contribution in [2.75, 3.05) is 6.54 Å². The molecule has 0 unspecified atom stereocenters. The van der Waals surface area contributed by atoms with E-state index in [9.17, 15) is 18.4 Å². The predicted molar refractivity (Wildman–Crippen MR) is 121 cm³/mol. The van der Waals surface area contributed by atoms with E-state index in [-0.39, 0.29) is 0 Å². The van der Waals surface area contributed by atoms with Gasteiger partial charge in [0, 0.05) is 61.0 Å². The molecule has 5 nitrogen and oxygen atoms in total. The Hall–Kier alpha value is -3.96. The summed E-state index contributed by atoms with van der Waals surface area (Å²) in [5.41, 5.74) is 4.50. The topological polar surface area (TPSA) is 57.7 Å². The summed E-state index contributed by atoms with van der Waals surface area (Å²) in [6.07, 6.45) is 0.132. The summed E-state index contributed by atoms with van der Waals surface area (Å²) in [5, 5.41) is 9.20. The highest BCUT2D eigenvalue weighted by molar-refractivity contribution is 5.56. The second kappa shape index (κ2) is 8.76. The zero-order valence-corrected chi connectivity index (χ0v) is 18.1. The molecule has 0 radical (unpaired) electrons. The normalized spacial score (nSPS) is 13.9. The first-order valence-corrected chi connectivity index (χ1v) is 10.8. The summed E-state index contributed by atoms with van der Waals surface area (Å²) in [7, 11) is 0. The predicted octanol–water partition coefficient (Wildman–Crippen LogP) is 5.38. The van der Waals surface area contributed by atoms with Gasteiger partial charge in [-0.3, -0.25) is 4.90 Å². The van der Waals surface area contributed by atoms with Gasteiger partial charge in [-0.05, 0) is 42.5 Å². The Morgan fingerprint density at radius 1 is 1.03 bits per heavy atom. The molecule has 0 aliphatic carbocycles. The maximum Gasteiger partial charge on any atom is 0.416 e. The summed E-state index contributed by atoms with van der Waals surface area (Å²) in [6.45, 7) is 2.22. The molecule has 0 fully saturated rings. The second-order valence-corrected chi connectivity index (χ2v) is 8.23. The maximum absolute atomic E-state index is 12.8. The fraction of sp³-hybridized carbons (Fsp3) is 0.192. The van der Waals surface area contributed by atoms with Gasteiger partial charge in [0.25, 0.3) is 0 Å². The Bertz CT molecular complexity index is 1370.